The van der Waals surface area contributed by atoms with Gasteiger partial charge in [-0.2, -0.15) is 0 Å². The van der Waals surface area contributed by atoms with Crippen LogP contribution in [0.2, 0.25) is 0 Å². The Balaban J connectivity index is 2.50. The number of phenolic OH excluding ortho intramolecular Hbond substituents is 1. The van der Waals surface area contributed by atoms with E-state index in [2.05, 4.69) is 15.9 Å². The van der Waals surface area contributed by atoms with Crippen LogP contribution in [0.1, 0.15) is 24.0 Å². The molecule has 1 aliphatic carbocycles. The highest BCUT2D eigenvalue weighted by Gasteiger charge is 2.42. The molecule has 1 saturated carbocycles. The largest absolute Gasteiger partial charge is 0.507 e. The summed E-state index contributed by atoms with van der Waals surface area (Å²) in [7, 11) is 0. The molecule has 0 radical (unpaired) electrons. The fraction of sp³-hybridized carbons (Fsp3) is 0.400. The van der Waals surface area contributed by atoms with Crippen molar-refractivity contribution >= 4 is 15.9 Å². The molecule has 0 aromatic heterocycles. The first kappa shape index (κ1) is 9.03. The molecule has 0 spiro atoms. The molecule has 1 aliphatic rings. The van der Waals surface area contributed by atoms with Gasteiger partial charge in [-0.25, -0.2) is 0 Å². The number of aromatic hydroxyl groups is 1. The monoisotopic (exact) mass is 242 g/mol. The van der Waals surface area contributed by atoms with Crippen molar-refractivity contribution in [2.45, 2.75) is 25.4 Å². The molecule has 1 aromatic carbocycles. The highest BCUT2D eigenvalue weighted by molar-refractivity contribution is 9.10. The van der Waals surface area contributed by atoms with Crippen molar-refractivity contribution in [2.24, 2.45) is 0 Å². The van der Waals surface area contributed by atoms with Gasteiger partial charge in [-0.1, -0.05) is 6.07 Å². The summed E-state index contributed by atoms with van der Waals surface area (Å²) in [5.74, 6) is 0.204. The average molecular weight is 243 g/mol. The lowest BCUT2D eigenvalue weighted by Crippen LogP contribution is -2.04. The Morgan fingerprint density at radius 3 is 2.46 bits per heavy atom. The molecule has 0 atom stereocenters. The van der Waals surface area contributed by atoms with Gasteiger partial charge in [-0.15, -0.1) is 0 Å². The minimum absolute atomic E-state index is 0.204. The molecule has 0 unspecified atom stereocenters. The zero-order valence-electron chi connectivity index (χ0n) is 7.34. The number of aliphatic hydroxyl groups is 1. The molecule has 1 fully saturated rings. The van der Waals surface area contributed by atoms with Crippen molar-refractivity contribution in [1.29, 1.82) is 0 Å². The van der Waals surface area contributed by atoms with Crippen molar-refractivity contribution in [2.75, 3.05) is 0 Å². The fourth-order valence-electron chi connectivity index (χ4n) is 1.43. The Morgan fingerprint density at radius 1 is 1.38 bits per heavy atom. The Bertz CT molecular complexity index is 333. The molecule has 1 aromatic rings. The zero-order valence-corrected chi connectivity index (χ0v) is 8.93. The first-order valence-corrected chi connectivity index (χ1v) is 5.04. The molecule has 0 bridgehead atoms. The third-order valence-corrected chi connectivity index (χ3v) is 3.53. The van der Waals surface area contributed by atoms with Gasteiger partial charge in [0.2, 0.25) is 0 Å². The van der Waals surface area contributed by atoms with E-state index in [9.17, 15) is 10.2 Å². The normalized spacial score (nSPS) is 18.7. The predicted octanol–water partition coefficient (Wildman–Crippen LogP) is 2.44. The van der Waals surface area contributed by atoms with Gasteiger partial charge >= 0.3 is 0 Å². The van der Waals surface area contributed by atoms with Crippen molar-refractivity contribution in [1.82, 2.24) is 0 Å². The molecular formula is C10H11BrO2. The lowest BCUT2D eigenvalue weighted by Gasteiger charge is -2.11. The summed E-state index contributed by atoms with van der Waals surface area (Å²) in [6, 6.07) is 3.54. The van der Waals surface area contributed by atoms with Gasteiger partial charge in [-0.3, -0.25) is 0 Å². The van der Waals surface area contributed by atoms with E-state index in [0.29, 0.717) is 4.47 Å². The molecule has 0 amide bonds. The molecule has 70 valence electrons. The van der Waals surface area contributed by atoms with E-state index < -0.39 is 5.60 Å². The molecule has 2 N–H and O–H groups in total. The summed E-state index contributed by atoms with van der Waals surface area (Å²) < 4.78 is 0.709. The molecule has 3 heteroatoms. The Hall–Kier alpha value is -0.540. The van der Waals surface area contributed by atoms with Gasteiger partial charge in [-0.05, 0) is 52.9 Å². The molecule has 13 heavy (non-hydrogen) atoms. The minimum Gasteiger partial charge on any atom is -0.507 e. The van der Waals surface area contributed by atoms with Gasteiger partial charge in [0.15, 0.2) is 0 Å². The fourth-order valence-corrected chi connectivity index (χ4v) is 1.66. The second-order valence-electron chi connectivity index (χ2n) is 3.66. The summed E-state index contributed by atoms with van der Waals surface area (Å²) in [6.07, 6.45) is 1.60. The van der Waals surface area contributed by atoms with E-state index in [0.717, 1.165) is 24.0 Å². The van der Waals surface area contributed by atoms with Crippen LogP contribution in [0.25, 0.3) is 0 Å². The first-order valence-electron chi connectivity index (χ1n) is 4.25. The number of aryl methyl sites for hydroxylation is 1. The molecule has 0 saturated heterocycles. The number of hydrogen-bond acceptors (Lipinski definition) is 2. The van der Waals surface area contributed by atoms with Crippen LogP contribution in [0.3, 0.4) is 0 Å². The van der Waals surface area contributed by atoms with Gasteiger partial charge < -0.3 is 10.2 Å². The van der Waals surface area contributed by atoms with Crippen molar-refractivity contribution in [3.63, 3.8) is 0 Å². The van der Waals surface area contributed by atoms with Crippen LogP contribution in [-0.4, -0.2) is 10.2 Å². The number of rotatable bonds is 1. The van der Waals surface area contributed by atoms with Crippen LogP contribution >= 0.6 is 15.9 Å². The summed E-state index contributed by atoms with van der Waals surface area (Å²) in [5, 5.41) is 19.3. The van der Waals surface area contributed by atoms with Crippen molar-refractivity contribution < 1.29 is 10.2 Å². The van der Waals surface area contributed by atoms with Crippen LogP contribution < -0.4 is 0 Å². The van der Waals surface area contributed by atoms with Gasteiger partial charge in [0.25, 0.3) is 0 Å². The van der Waals surface area contributed by atoms with E-state index in [4.69, 9.17) is 0 Å². The predicted molar refractivity (Wildman–Crippen MR) is 53.7 cm³/mol. The van der Waals surface area contributed by atoms with Gasteiger partial charge in [0.05, 0.1) is 10.1 Å². The summed E-state index contributed by atoms with van der Waals surface area (Å²) in [4.78, 5) is 0. The van der Waals surface area contributed by atoms with E-state index in [1.807, 2.05) is 13.0 Å². The van der Waals surface area contributed by atoms with E-state index in [1.165, 1.54) is 0 Å². The van der Waals surface area contributed by atoms with E-state index in [1.54, 1.807) is 6.07 Å². The standard InChI is InChI=1S/C10H11BrO2/c1-6-4-7(10(13)2-3-10)5-8(12)9(6)11/h4-5,12-13H,2-3H2,1H3. The second-order valence-corrected chi connectivity index (χ2v) is 4.45. The van der Waals surface area contributed by atoms with Gasteiger partial charge in [0.1, 0.15) is 5.75 Å². The number of halogens is 1. The van der Waals surface area contributed by atoms with Crippen LogP contribution in [0.15, 0.2) is 16.6 Å². The van der Waals surface area contributed by atoms with Gasteiger partial charge in [0, 0.05) is 0 Å². The number of phenols is 1. The second kappa shape index (κ2) is 2.72. The third kappa shape index (κ3) is 1.46. The molecule has 2 rings (SSSR count). The molecule has 2 nitrogen and oxygen atoms in total. The minimum atomic E-state index is -0.664. The SMILES string of the molecule is Cc1cc(C2(O)CC2)cc(O)c1Br. The quantitative estimate of drug-likeness (QED) is 0.795. The Labute approximate surface area is 85.3 Å². The van der Waals surface area contributed by atoms with E-state index in [-0.39, 0.29) is 5.75 Å². The highest BCUT2D eigenvalue weighted by atomic mass is 79.9. The van der Waals surface area contributed by atoms with E-state index >= 15 is 0 Å². The summed E-state index contributed by atoms with van der Waals surface area (Å²) in [6.45, 7) is 1.90. The maximum absolute atomic E-state index is 9.81. The van der Waals surface area contributed by atoms with Crippen LogP contribution in [0, 0.1) is 6.92 Å². The molecular weight excluding hydrogens is 232 g/mol. The summed E-state index contributed by atoms with van der Waals surface area (Å²) >= 11 is 3.27. The Kier molecular flexibility index (Phi) is 1.89. The first-order chi connectivity index (χ1) is 6.03. The lowest BCUT2D eigenvalue weighted by atomic mass is 10.0. The molecule has 0 aliphatic heterocycles. The smallest absolute Gasteiger partial charge is 0.130 e. The third-order valence-electron chi connectivity index (χ3n) is 2.50. The average Bonchev–Trinajstić information content (AvgIpc) is 2.80. The highest BCUT2D eigenvalue weighted by Crippen LogP contribution is 2.47. The van der Waals surface area contributed by atoms with Crippen LogP contribution in [-0.2, 0) is 5.60 Å². The Morgan fingerprint density at radius 2 is 2.00 bits per heavy atom. The van der Waals surface area contributed by atoms with Crippen molar-refractivity contribution in [3.8, 4) is 5.75 Å². The van der Waals surface area contributed by atoms with Crippen LogP contribution in [0.5, 0.6) is 5.75 Å². The van der Waals surface area contributed by atoms with Crippen molar-refractivity contribution in [3.05, 3.63) is 27.7 Å². The maximum atomic E-state index is 9.81. The van der Waals surface area contributed by atoms with Crippen LogP contribution in [0.4, 0.5) is 0 Å². The topological polar surface area (TPSA) is 40.5 Å². The summed E-state index contributed by atoms with van der Waals surface area (Å²) in [5.41, 5.74) is 1.11. The number of benzene rings is 1. The zero-order chi connectivity index (χ0) is 9.64. The molecule has 0 heterocycles. The maximum Gasteiger partial charge on any atom is 0.130 e. The number of hydrogen-bond donors (Lipinski definition) is 2. The lowest BCUT2D eigenvalue weighted by molar-refractivity contribution is 0.151.